The number of aliphatic carboxylic acids is 1. The first-order chi connectivity index (χ1) is 11.8. The Kier molecular flexibility index (Phi) is 4.25. The Morgan fingerprint density at radius 3 is 2.64 bits per heavy atom. The summed E-state index contributed by atoms with van der Waals surface area (Å²) in [6.45, 7) is 2.86. The molecule has 134 valence electrons. The minimum Gasteiger partial charge on any atom is -0.477 e. The minimum absolute atomic E-state index is 0.139. The van der Waals surface area contributed by atoms with E-state index in [0.717, 1.165) is 0 Å². The highest BCUT2D eigenvalue weighted by Crippen LogP contribution is 2.38. The molecule has 3 atom stereocenters. The van der Waals surface area contributed by atoms with Crippen LogP contribution in [0, 0.1) is 0 Å². The van der Waals surface area contributed by atoms with E-state index in [9.17, 15) is 24.3 Å². The van der Waals surface area contributed by atoms with Gasteiger partial charge in [0.15, 0.2) is 0 Å². The van der Waals surface area contributed by atoms with Gasteiger partial charge in [0.25, 0.3) is 5.91 Å². The highest BCUT2D eigenvalue weighted by Gasteiger charge is 2.61. The molecule has 2 amide bonds. The van der Waals surface area contributed by atoms with Crippen LogP contribution in [0.2, 0.25) is 0 Å². The van der Waals surface area contributed by atoms with Crippen LogP contribution in [-0.2, 0) is 28.8 Å². The fourth-order valence-corrected chi connectivity index (χ4v) is 3.83. The monoisotopic (exact) mass is 368 g/mol. The smallest absolute Gasteiger partial charge is 0.372 e. The molecule has 2 saturated heterocycles. The number of anilines is 1. The van der Waals surface area contributed by atoms with Crippen molar-refractivity contribution in [1.29, 1.82) is 0 Å². The predicted molar refractivity (Wildman–Crippen MR) is 84.4 cm³/mol. The number of nitrogens with zero attached hydrogens (tertiary/aromatic N) is 2. The molecule has 3 rings (SSSR count). The summed E-state index contributed by atoms with van der Waals surface area (Å²) in [6.07, 6.45) is -1.17. The molecule has 0 radical (unpaired) electrons. The molecular weight excluding hydrogens is 352 g/mol. The van der Waals surface area contributed by atoms with Gasteiger partial charge in [0.05, 0.1) is 11.4 Å². The van der Waals surface area contributed by atoms with Crippen LogP contribution >= 0.6 is 11.3 Å². The predicted octanol–water partition coefficient (Wildman–Crippen LogP) is 0.750. The molecule has 25 heavy (non-hydrogen) atoms. The minimum atomic E-state index is -2.20. The van der Waals surface area contributed by atoms with Crippen molar-refractivity contribution in [2.75, 3.05) is 4.90 Å². The lowest BCUT2D eigenvalue weighted by molar-refractivity contribution is -0.266. The molecule has 1 unspecified atom stereocenters. The number of carboxylic acids is 1. The van der Waals surface area contributed by atoms with Crippen molar-refractivity contribution < 1.29 is 33.9 Å². The maximum absolute atomic E-state index is 12.9. The molecule has 2 fully saturated rings. The van der Waals surface area contributed by atoms with Crippen LogP contribution in [0.4, 0.5) is 5.00 Å². The van der Waals surface area contributed by atoms with Gasteiger partial charge in [-0.3, -0.25) is 24.1 Å². The second-order valence-electron chi connectivity index (χ2n) is 5.79. The molecule has 2 aliphatic heterocycles. The third-order valence-electron chi connectivity index (χ3n) is 4.14. The zero-order valence-electron chi connectivity index (χ0n) is 13.5. The summed E-state index contributed by atoms with van der Waals surface area (Å²) < 4.78 is 4.93. The Labute approximate surface area is 146 Å². The summed E-state index contributed by atoms with van der Waals surface area (Å²) in [5.41, 5.74) is -2.20. The molecule has 1 aromatic rings. The Bertz CT molecular complexity index is 734. The molecule has 0 saturated carbocycles. The van der Waals surface area contributed by atoms with Crippen LogP contribution in [-0.4, -0.2) is 51.8 Å². The zero-order chi connectivity index (χ0) is 18.4. The second-order valence-corrected chi connectivity index (χ2v) is 6.72. The highest BCUT2D eigenvalue weighted by atomic mass is 32.1. The second kappa shape index (κ2) is 6.12. The Morgan fingerprint density at radius 2 is 2.16 bits per heavy atom. The number of amides is 2. The number of hydroxylamine groups is 2. The van der Waals surface area contributed by atoms with Crippen molar-refractivity contribution in [3.63, 3.8) is 0 Å². The average molecular weight is 368 g/mol. The fourth-order valence-electron chi connectivity index (χ4n) is 3.02. The van der Waals surface area contributed by atoms with Gasteiger partial charge in [0.1, 0.15) is 12.1 Å². The van der Waals surface area contributed by atoms with Crippen molar-refractivity contribution in [1.82, 2.24) is 5.06 Å². The van der Waals surface area contributed by atoms with Gasteiger partial charge in [-0.25, -0.2) is 4.79 Å². The number of carbonyl (C=O) groups is 4. The van der Waals surface area contributed by atoms with Gasteiger partial charge >= 0.3 is 17.7 Å². The van der Waals surface area contributed by atoms with Crippen molar-refractivity contribution >= 4 is 40.1 Å². The molecule has 0 spiro atoms. The molecule has 0 aromatic carbocycles. The van der Waals surface area contributed by atoms with E-state index in [4.69, 9.17) is 9.57 Å². The molecule has 1 aromatic heterocycles. The largest absolute Gasteiger partial charge is 0.477 e. The van der Waals surface area contributed by atoms with Gasteiger partial charge in [0, 0.05) is 13.3 Å². The molecule has 0 bridgehead atoms. The van der Waals surface area contributed by atoms with E-state index in [1.165, 1.54) is 23.2 Å². The number of hydrogen-bond acceptors (Lipinski definition) is 7. The first-order valence-electron chi connectivity index (χ1n) is 7.57. The number of hydrogen-bond donors (Lipinski definition) is 1. The van der Waals surface area contributed by atoms with Gasteiger partial charge in [-0.05, 0) is 24.4 Å². The fraction of sp³-hybridized carbons (Fsp3) is 0.467. The van der Waals surface area contributed by atoms with Crippen molar-refractivity contribution in [3.8, 4) is 0 Å². The van der Waals surface area contributed by atoms with E-state index in [0.29, 0.717) is 10.1 Å². The van der Waals surface area contributed by atoms with Crippen LogP contribution in [0.5, 0.6) is 0 Å². The van der Waals surface area contributed by atoms with E-state index in [1.54, 1.807) is 24.4 Å². The lowest BCUT2D eigenvalue weighted by atomic mass is 10.1. The van der Waals surface area contributed by atoms with Gasteiger partial charge in [0.2, 0.25) is 5.91 Å². The van der Waals surface area contributed by atoms with Crippen LogP contribution in [0.1, 0.15) is 26.7 Å². The SMILES string of the molecule is CC(=O)N(c1cccs1)[C@@H]1C(=O)N(C2(C(=O)O)CCC(=O)O2)O[C@@H]1C. The number of thiophene rings is 1. The Hall–Kier alpha value is -2.46. The van der Waals surface area contributed by atoms with Crippen molar-refractivity contribution in [3.05, 3.63) is 17.5 Å². The van der Waals surface area contributed by atoms with E-state index in [1.807, 2.05) is 0 Å². The lowest BCUT2D eigenvalue weighted by Crippen LogP contribution is -2.57. The topological polar surface area (TPSA) is 113 Å². The quantitative estimate of drug-likeness (QED) is 0.780. The number of carbonyl (C=O) groups excluding carboxylic acids is 3. The van der Waals surface area contributed by atoms with E-state index < -0.39 is 35.7 Å². The first-order valence-corrected chi connectivity index (χ1v) is 8.45. The summed E-state index contributed by atoms with van der Waals surface area (Å²) in [4.78, 5) is 54.9. The zero-order valence-corrected chi connectivity index (χ0v) is 14.3. The summed E-state index contributed by atoms with van der Waals surface area (Å²) in [6, 6.07) is 2.36. The third-order valence-corrected chi connectivity index (χ3v) is 5.01. The molecule has 0 aliphatic carbocycles. The Balaban J connectivity index is 1.97. The van der Waals surface area contributed by atoms with Gasteiger partial charge < -0.3 is 9.84 Å². The van der Waals surface area contributed by atoms with E-state index >= 15 is 0 Å². The van der Waals surface area contributed by atoms with Crippen molar-refractivity contribution in [2.45, 2.75) is 44.6 Å². The summed E-state index contributed by atoms with van der Waals surface area (Å²) in [5.74, 6) is -3.35. The number of esters is 1. The van der Waals surface area contributed by atoms with Crippen molar-refractivity contribution in [2.24, 2.45) is 0 Å². The normalized spacial score (nSPS) is 29.0. The van der Waals surface area contributed by atoms with Crippen LogP contribution in [0.15, 0.2) is 17.5 Å². The Morgan fingerprint density at radius 1 is 1.44 bits per heavy atom. The first kappa shape index (κ1) is 17.4. The number of rotatable bonds is 4. The lowest BCUT2D eigenvalue weighted by Gasteiger charge is -2.31. The van der Waals surface area contributed by atoms with Crippen LogP contribution in [0.25, 0.3) is 0 Å². The molecule has 1 N–H and O–H groups in total. The van der Waals surface area contributed by atoms with E-state index in [2.05, 4.69) is 0 Å². The highest BCUT2D eigenvalue weighted by molar-refractivity contribution is 7.14. The average Bonchev–Trinajstić information content (AvgIpc) is 3.24. The standard InChI is InChI=1S/C15H16N2O7S/c1-8-12(16(9(2)18)10-4-3-7-25-10)13(20)17(24-8)15(14(21)22)6-5-11(19)23-15/h3-4,7-8,12H,5-6H2,1-2H3,(H,21,22)/t8-,12+,15?/m1/s1. The molecule has 2 aliphatic rings. The van der Waals surface area contributed by atoms with Gasteiger partial charge in [-0.15, -0.1) is 11.3 Å². The van der Waals surface area contributed by atoms with Gasteiger partial charge in [-0.1, -0.05) is 0 Å². The summed E-state index contributed by atoms with van der Waals surface area (Å²) in [7, 11) is 0. The molecular formula is C15H16N2O7S. The number of carboxylic acid groups (broad SMARTS) is 1. The maximum Gasteiger partial charge on any atom is 0.372 e. The van der Waals surface area contributed by atoms with Gasteiger partial charge in [-0.2, -0.15) is 5.06 Å². The van der Waals surface area contributed by atoms with Crippen LogP contribution < -0.4 is 4.90 Å². The molecule has 10 heteroatoms. The van der Waals surface area contributed by atoms with E-state index in [-0.39, 0.29) is 18.7 Å². The number of cyclic esters (lactones) is 1. The summed E-state index contributed by atoms with van der Waals surface area (Å²) in [5, 5.41) is 12.4. The molecule has 3 heterocycles. The maximum atomic E-state index is 12.9. The third kappa shape index (κ3) is 2.67. The van der Waals surface area contributed by atoms with Crippen LogP contribution in [0.3, 0.4) is 0 Å². The summed E-state index contributed by atoms with van der Waals surface area (Å²) >= 11 is 1.27. The number of ether oxygens (including phenoxy) is 1. The molecule has 9 nitrogen and oxygen atoms in total.